The molecule has 0 saturated carbocycles. The third-order valence-corrected chi connectivity index (χ3v) is 2.58. The molecule has 0 spiro atoms. The zero-order valence-corrected chi connectivity index (χ0v) is 11.6. The molecule has 98 valence electrons. The second-order valence-corrected chi connectivity index (χ2v) is 4.11. The van der Waals surface area contributed by atoms with E-state index in [0.717, 1.165) is 6.08 Å². The Morgan fingerprint density at radius 2 is 2.17 bits per heavy atom. The number of carboxylic acids is 1. The lowest BCUT2D eigenvalue weighted by molar-refractivity contribution is -0.131. The fourth-order valence-electron chi connectivity index (χ4n) is 1.26. The van der Waals surface area contributed by atoms with Crippen LogP contribution in [0.5, 0.6) is 11.5 Å². The second kappa shape index (κ2) is 7.03. The van der Waals surface area contributed by atoms with Gasteiger partial charge in [0.1, 0.15) is 0 Å². The number of methoxy groups -OCH3 is 2. The third kappa shape index (κ3) is 4.05. The molecule has 0 aliphatic heterocycles. The van der Waals surface area contributed by atoms with Gasteiger partial charge in [0.2, 0.25) is 0 Å². The highest BCUT2D eigenvalue weighted by atomic mass is 79.9. The normalized spacial score (nSPS) is 10.6. The Kier molecular flexibility index (Phi) is 5.67. The van der Waals surface area contributed by atoms with Gasteiger partial charge >= 0.3 is 5.97 Å². The van der Waals surface area contributed by atoms with Crippen LogP contribution in [0.1, 0.15) is 5.56 Å². The van der Waals surface area contributed by atoms with Crippen LogP contribution in [-0.2, 0) is 9.53 Å². The van der Waals surface area contributed by atoms with Crippen LogP contribution in [0.4, 0.5) is 0 Å². The van der Waals surface area contributed by atoms with Gasteiger partial charge in [-0.15, -0.1) is 0 Å². The van der Waals surface area contributed by atoms with E-state index in [4.69, 9.17) is 19.3 Å². The van der Waals surface area contributed by atoms with Crippen molar-refractivity contribution in [2.75, 3.05) is 21.0 Å². The summed E-state index contributed by atoms with van der Waals surface area (Å²) in [4.78, 5) is 10.4. The van der Waals surface area contributed by atoms with Gasteiger partial charge in [-0.25, -0.2) is 4.79 Å². The van der Waals surface area contributed by atoms with Gasteiger partial charge in [-0.1, -0.05) is 0 Å². The van der Waals surface area contributed by atoms with Gasteiger partial charge in [-0.2, -0.15) is 0 Å². The molecule has 0 saturated heterocycles. The summed E-state index contributed by atoms with van der Waals surface area (Å²) < 4.78 is 16.0. The van der Waals surface area contributed by atoms with Crippen molar-refractivity contribution in [2.45, 2.75) is 0 Å². The van der Waals surface area contributed by atoms with E-state index in [2.05, 4.69) is 15.9 Å². The maximum absolute atomic E-state index is 10.4. The molecule has 1 aromatic rings. The minimum absolute atomic E-state index is 0.0965. The lowest BCUT2D eigenvalue weighted by Crippen LogP contribution is -2.01. The lowest BCUT2D eigenvalue weighted by atomic mass is 10.2. The van der Waals surface area contributed by atoms with E-state index in [1.54, 1.807) is 12.1 Å². The molecule has 0 unspecified atom stereocenters. The first kappa shape index (κ1) is 14.5. The molecule has 0 aliphatic carbocycles. The van der Waals surface area contributed by atoms with E-state index in [0.29, 0.717) is 21.5 Å². The van der Waals surface area contributed by atoms with Crippen molar-refractivity contribution in [3.63, 3.8) is 0 Å². The van der Waals surface area contributed by atoms with Crippen LogP contribution >= 0.6 is 15.9 Å². The van der Waals surface area contributed by atoms with Crippen LogP contribution in [0, 0.1) is 0 Å². The summed E-state index contributed by atoms with van der Waals surface area (Å²) in [6.07, 6.45) is 2.52. The monoisotopic (exact) mass is 316 g/mol. The van der Waals surface area contributed by atoms with Crippen LogP contribution < -0.4 is 9.47 Å². The number of ether oxygens (including phenoxy) is 3. The van der Waals surface area contributed by atoms with E-state index in [1.165, 1.54) is 20.3 Å². The Labute approximate surface area is 113 Å². The number of aliphatic carboxylic acids is 1. The van der Waals surface area contributed by atoms with Crippen LogP contribution in [0.25, 0.3) is 6.08 Å². The third-order valence-electron chi connectivity index (χ3n) is 1.99. The smallest absolute Gasteiger partial charge is 0.328 e. The molecule has 6 heteroatoms. The molecule has 0 bridgehead atoms. The average Bonchev–Trinajstić information content (AvgIpc) is 2.34. The number of hydrogen-bond donors (Lipinski definition) is 1. The molecular formula is C12H13BrO5. The number of benzene rings is 1. The summed E-state index contributed by atoms with van der Waals surface area (Å²) in [6.45, 7) is 0.0965. The first-order valence-corrected chi connectivity index (χ1v) is 5.78. The Morgan fingerprint density at radius 1 is 1.44 bits per heavy atom. The predicted molar refractivity (Wildman–Crippen MR) is 69.9 cm³/mol. The van der Waals surface area contributed by atoms with E-state index in [1.807, 2.05) is 0 Å². The van der Waals surface area contributed by atoms with Crippen LogP contribution in [-0.4, -0.2) is 32.1 Å². The van der Waals surface area contributed by atoms with Crippen molar-refractivity contribution in [1.29, 1.82) is 0 Å². The van der Waals surface area contributed by atoms with Crippen molar-refractivity contribution in [2.24, 2.45) is 0 Å². The van der Waals surface area contributed by atoms with E-state index >= 15 is 0 Å². The highest BCUT2D eigenvalue weighted by Crippen LogP contribution is 2.36. The van der Waals surface area contributed by atoms with Gasteiger partial charge in [0.25, 0.3) is 0 Å². The van der Waals surface area contributed by atoms with Crippen molar-refractivity contribution in [1.82, 2.24) is 0 Å². The van der Waals surface area contributed by atoms with Crippen molar-refractivity contribution >= 4 is 28.0 Å². The van der Waals surface area contributed by atoms with E-state index in [9.17, 15) is 4.79 Å². The summed E-state index contributed by atoms with van der Waals surface area (Å²) in [5.74, 6) is -0.0110. The molecule has 0 aromatic heterocycles. The first-order valence-electron chi connectivity index (χ1n) is 4.98. The topological polar surface area (TPSA) is 65.0 Å². The predicted octanol–water partition coefficient (Wildman–Crippen LogP) is 2.54. The second-order valence-electron chi connectivity index (χ2n) is 3.26. The Hall–Kier alpha value is -1.53. The molecule has 0 heterocycles. The Morgan fingerprint density at radius 3 is 2.72 bits per heavy atom. The van der Waals surface area contributed by atoms with Gasteiger partial charge in [-0.3, -0.25) is 0 Å². The maximum atomic E-state index is 10.4. The van der Waals surface area contributed by atoms with Gasteiger partial charge in [-0.05, 0) is 39.7 Å². The highest BCUT2D eigenvalue weighted by molar-refractivity contribution is 9.10. The first-order chi connectivity index (χ1) is 8.58. The fraction of sp³-hybridized carbons (Fsp3) is 0.250. The van der Waals surface area contributed by atoms with Gasteiger partial charge in [0, 0.05) is 13.2 Å². The zero-order chi connectivity index (χ0) is 13.5. The molecular weight excluding hydrogens is 304 g/mol. The summed E-state index contributed by atoms with van der Waals surface area (Å²) in [5, 5.41) is 8.57. The molecule has 18 heavy (non-hydrogen) atoms. The molecule has 1 aromatic carbocycles. The maximum Gasteiger partial charge on any atom is 0.328 e. The van der Waals surface area contributed by atoms with E-state index in [-0.39, 0.29) is 6.79 Å². The van der Waals surface area contributed by atoms with Gasteiger partial charge in [0.05, 0.1) is 11.6 Å². The number of halogens is 1. The van der Waals surface area contributed by atoms with Gasteiger partial charge < -0.3 is 19.3 Å². The lowest BCUT2D eigenvalue weighted by Gasteiger charge is -2.12. The van der Waals surface area contributed by atoms with Crippen LogP contribution in [0.15, 0.2) is 22.7 Å². The molecule has 0 atom stereocenters. The molecule has 0 radical (unpaired) electrons. The molecule has 1 rings (SSSR count). The standard InChI is InChI=1S/C12H13BrO5/c1-16-7-18-12-9(13)5-8(3-4-11(14)15)6-10(12)17-2/h3-6H,7H2,1-2H3,(H,14,15). The molecule has 5 nitrogen and oxygen atoms in total. The van der Waals surface area contributed by atoms with Crippen molar-refractivity contribution in [3.05, 3.63) is 28.2 Å². The minimum atomic E-state index is -1.01. The van der Waals surface area contributed by atoms with Crippen molar-refractivity contribution < 1.29 is 24.1 Å². The number of rotatable bonds is 6. The molecule has 0 amide bonds. The zero-order valence-electron chi connectivity index (χ0n) is 9.97. The van der Waals surface area contributed by atoms with E-state index < -0.39 is 5.97 Å². The Balaban J connectivity index is 3.06. The largest absolute Gasteiger partial charge is 0.493 e. The molecule has 1 N–H and O–H groups in total. The molecule has 0 aliphatic rings. The van der Waals surface area contributed by atoms with Crippen molar-refractivity contribution in [3.8, 4) is 11.5 Å². The number of hydrogen-bond acceptors (Lipinski definition) is 4. The SMILES string of the molecule is COCOc1c(Br)cc(C=CC(=O)O)cc1OC. The summed E-state index contributed by atoms with van der Waals surface area (Å²) in [7, 11) is 3.02. The Bertz CT molecular complexity index is 456. The number of carbonyl (C=O) groups is 1. The molecule has 0 fully saturated rings. The fourth-order valence-corrected chi connectivity index (χ4v) is 1.84. The summed E-state index contributed by atoms with van der Waals surface area (Å²) in [5.41, 5.74) is 0.686. The minimum Gasteiger partial charge on any atom is -0.493 e. The summed E-state index contributed by atoms with van der Waals surface area (Å²) in [6, 6.07) is 3.40. The summed E-state index contributed by atoms with van der Waals surface area (Å²) >= 11 is 3.33. The average molecular weight is 317 g/mol. The van der Waals surface area contributed by atoms with Crippen LogP contribution in [0.2, 0.25) is 0 Å². The highest BCUT2D eigenvalue weighted by Gasteiger charge is 2.10. The number of carboxylic acid groups (broad SMARTS) is 1. The van der Waals surface area contributed by atoms with Gasteiger partial charge in [0.15, 0.2) is 18.3 Å². The van der Waals surface area contributed by atoms with Crippen LogP contribution in [0.3, 0.4) is 0 Å². The quantitative estimate of drug-likeness (QED) is 0.645.